The minimum Gasteiger partial charge on any atom is -0.349 e. The van der Waals surface area contributed by atoms with Crippen molar-refractivity contribution in [3.05, 3.63) is 47.9 Å². The number of fused-ring (bicyclic) bond motifs is 2. The maximum Gasteiger partial charge on any atom is 0.252 e. The molecule has 5 nitrogen and oxygen atoms in total. The van der Waals surface area contributed by atoms with Crippen molar-refractivity contribution < 1.29 is 4.79 Å². The van der Waals surface area contributed by atoms with Crippen molar-refractivity contribution in [2.45, 2.75) is 38.3 Å². The SMILES string of the molecule is O=C(NC1CC1)c1cc(-c2cnc3n2CCC3)nc2ccccc12. The molecule has 0 spiro atoms. The van der Waals surface area contributed by atoms with Crippen LogP contribution in [0.25, 0.3) is 22.3 Å². The van der Waals surface area contributed by atoms with Gasteiger partial charge in [0, 0.05) is 24.4 Å². The van der Waals surface area contributed by atoms with Gasteiger partial charge in [-0.15, -0.1) is 0 Å². The second kappa shape index (κ2) is 5.16. The summed E-state index contributed by atoms with van der Waals surface area (Å²) in [6.45, 7) is 0.975. The van der Waals surface area contributed by atoms with E-state index in [1.54, 1.807) is 0 Å². The normalized spacial score (nSPS) is 16.3. The fourth-order valence-electron chi connectivity index (χ4n) is 3.45. The smallest absolute Gasteiger partial charge is 0.252 e. The summed E-state index contributed by atoms with van der Waals surface area (Å²) in [4.78, 5) is 22.0. The van der Waals surface area contributed by atoms with Crippen molar-refractivity contribution in [1.82, 2.24) is 19.9 Å². The number of benzene rings is 1. The lowest BCUT2D eigenvalue weighted by Crippen LogP contribution is -2.25. The lowest BCUT2D eigenvalue weighted by molar-refractivity contribution is 0.0952. The van der Waals surface area contributed by atoms with Gasteiger partial charge in [0.05, 0.1) is 28.7 Å². The van der Waals surface area contributed by atoms with Crippen molar-refractivity contribution in [2.24, 2.45) is 0 Å². The van der Waals surface area contributed by atoms with E-state index in [0.29, 0.717) is 11.6 Å². The highest BCUT2D eigenvalue weighted by atomic mass is 16.1. The number of nitrogens with one attached hydrogen (secondary N) is 1. The number of aromatic nitrogens is 3. The van der Waals surface area contributed by atoms with Crippen molar-refractivity contribution in [1.29, 1.82) is 0 Å². The summed E-state index contributed by atoms with van der Waals surface area (Å²) in [5, 5.41) is 4.00. The average Bonchev–Trinajstić information content (AvgIpc) is 3.13. The standard InChI is InChI=1S/C19H18N4O/c24-19(21-12-7-8-12)14-10-16(22-15-5-2-1-4-13(14)15)17-11-20-18-6-3-9-23(17)18/h1-2,4-5,10-12H,3,6-9H2,(H,21,24). The van der Waals surface area contributed by atoms with Gasteiger partial charge in [0.15, 0.2) is 0 Å². The molecule has 3 heterocycles. The molecule has 2 aliphatic rings. The van der Waals surface area contributed by atoms with E-state index in [2.05, 4.69) is 14.9 Å². The lowest BCUT2D eigenvalue weighted by Gasteiger charge is -2.11. The van der Waals surface area contributed by atoms with Gasteiger partial charge in [-0.3, -0.25) is 4.79 Å². The Morgan fingerprint density at radius 2 is 2.12 bits per heavy atom. The maximum absolute atomic E-state index is 12.7. The Hall–Kier alpha value is -2.69. The molecular weight excluding hydrogens is 300 g/mol. The molecule has 1 aromatic carbocycles. The zero-order valence-corrected chi connectivity index (χ0v) is 13.3. The Morgan fingerprint density at radius 1 is 1.25 bits per heavy atom. The summed E-state index contributed by atoms with van der Waals surface area (Å²) < 4.78 is 2.22. The summed E-state index contributed by atoms with van der Waals surface area (Å²) in [6, 6.07) is 10.1. The predicted molar refractivity (Wildman–Crippen MR) is 91.8 cm³/mol. The second-order valence-electron chi connectivity index (χ2n) is 6.63. The highest BCUT2D eigenvalue weighted by Crippen LogP contribution is 2.29. The van der Waals surface area contributed by atoms with Crippen LogP contribution in [-0.2, 0) is 13.0 Å². The highest BCUT2D eigenvalue weighted by molar-refractivity contribution is 6.07. The minimum atomic E-state index is -0.00138. The predicted octanol–water partition coefficient (Wildman–Crippen LogP) is 2.94. The zero-order chi connectivity index (χ0) is 16.1. The number of hydrogen-bond acceptors (Lipinski definition) is 3. The maximum atomic E-state index is 12.7. The first-order valence-corrected chi connectivity index (χ1v) is 8.55. The summed E-state index contributed by atoms with van der Waals surface area (Å²) >= 11 is 0. The van der Waals surface area contributed by atoms with E-state index in [4.69, 9.17) is 4.98 Å². The monoisotopic (exact) mass is 318 g/mol. The first kappa shape index (κ1) is 13.7. The molecule has 120 valence electrons. The summed E-state index contributed by atoms with van der Waals surface area (Å²) in [5.74, 6) is 1.11. The summed E-state index contributed by atoms with van der Waals surface area (Å²) in [7, 11) is 0. The quantitative estimate of drug-likeness (QED) is 0.808. The number of para-hydroxylation sites is 1. The third-order valence-electron chi connectivity index (χ3n) is 4.86. The fourth-order valence-corrected chi connectivity index (χ4v) is 3.45. The zero-order valence-electron chi connectivity index (χ0n) is 13.3. The van der Waals surface area contributed by atoms with Crippen LogP contribution in [0.15, 0.2) is 36.5 Å². The summed E-state index contributed by atoms with van der Waals surface area (Å²) in [6.07, 6.45) is 6.19. The molecule has 0 saturated heterocycles. The van der Waals surface area contributed by atoms with E-state index in [0.717, 1.165) is 60.3 Å². The van der Waals surface area contributed by atoms with Crippen LogP contribution in [0.5, 0.6) is 0 Å². The number of rotatable bonds is 3. The topological polar surface area (TPSA) is 59.8 Å². The molecule has 1 aliphatic carbocycles. The first-order valence-electron chi connectivity index (χ1n) is 8.55. The Balaban J connectivity index is 1.67. The van der Waals surface area contributed by atoms with Gasteiger partial charge in [0.25, 0.3) is 5.91 Å². The number of carbonyl (C=O) groups is 1. The number of aryl methyl sites for hydroxylation is 1. The molecule has 1 aliphatic heterocycles. The van der Waals surface area contributed by atoms with Gasteiger partial charge in [-0.05, 0) is 31.4 Å². The van der Waals surface area contributed by atoms with E-state index in [-0.39, 0.29) is 5.91 Å². The third kappa shape index (κ3) is 2.19. The number of carbonyl (C=O) groups excluding carboxylic acids is 1. The fraction of sp³-hybridized carbons (Fsp3) is 0.316. The number of imidazole rings is 1. The van der Waals surface area contributed by atoms with E-state index in [1.165, 1.54) is 0 Å². The molecule has 0 atom stereocenters. The molecule has 2 aromatic heterocycles. The highest BCUT2D eigenvalue weighted by Gasteiger charge is 2.25. The largest absolute Gasteiger partial charge is 0.349 e. The van der Waals surface area contributed by atoms with E-state index < -0.39 is 0 Å². The summed E-state index contributed by atoms with van der Waals surface area (Å²) in [5.41, 5.74) is 3.39. The van der Waals surface area contributed by atoms with Gasteiger partial charge in [-0.1, -0.05) is 18.2 Å². The van der Waals surface area contributed by atoms with E-state index >= 15 is 0 Å². The minimum absolute atomic E-state index is 0.00138. The molecule has 1 fully saturated rings. The molecule has 0 bridgehead atoms. The van der Waals surface area contributed by atoms with Gasteiger partial charge in [-0.25, -0.2) is 9.97 Å². The Labute approximate surface area is 139 Å². The molecule has 1 amide bonds. The Bertz CT molecular complexity index is 955. The number of amides is 1. The van der Waals surface area contributed by atoms with Gasteiger partial charge in [-0.2, -0.15) is 0 Å². The van der Waals surface area contributed by atoms with Crippen LogP contribution in [0.2, 0.25) is 0 Å². The third-order valence-corrected chi connectivity index (χ3v) is 4.86. The number of pyridine rings is 1. The molecule has 1 saturated carbocycles. The van der Waals surface area contributed by atoms with Crippen LogP contribution in [0.3, 0.4) is 0 Å². The van der Waals surface area contributed by atoms with Crippen LogP contribution >= 0.6 is 0 Å². The molecule has 5 heteroatoms. The van der Waals surface area contributed by atoms with E-state index in [9.17, 15) is 4.79 Å². The number of nitrogens with zero attached hydrogens (tertiary/aromatic N) is 3. The molecule has 0 radical (unpaired) electrons. The molecule has 0 unspecified atom stereocenters. The van der Waals surface area contributed by atoms with Crippen LogP contribution in [0, 0.1) is 0 Å². The van der Waals surface area contributed by atoms with Gasteiger partial charge < -0.3 is 9.88 Å². The molecule has 3 aromatic rings. The number of hydrogen-bond donors (Lipinski definition) is 1. The van der Waals surface area contributed by atoms with Gasteiger partial charge in [0.1, 0.15) is 5.82 Å². The van der Waals surface area contributed by atoms with Crippen LogP contribution in [0.1, 0.15) is 35.4 Å². The molecule has 5 rings (SSSR count). The molecule has 1 N–H and O–H groups in total. The second-order valence-corrected chi connectivity index (χ2v) is 6.63. The first-order chi connectivity index (χ1) is 11.8. The molecular formula is C19H18N4O. The van der Waals surface area contributed by atoms with Crippen molar-refractivity contribution in [3.8, 4) is 11.4 Å². The van der Waals surface area contributed by atoms with Crippen LogP contribution in [-0.4, -0.2) is 26.5 Å². The van der Waals surface area contributed by atoms with Gasteiger partial charge >= 0.3 is 0 Å². The van der Waals surface area contributed by atoms with Gasteiger partial charge in [0.2, 0.25) is 0 Å². The molecule has 24 heavy (non-hydrogen) atoms. The lowest BCUT2D eigenvalue weighted by atomic mass is 10.1. The van der Waals surface area contributed by atoms with Crippen molar-refractivity contribution in [2.75, 3.05) is 0 Å². The Morgan fingerprint density at radius 3 is 3.00 bits per heavy atom. The van der Waals surface area contributed by atoms with Crippen LogP contribution in [0.4, 0.5) is 0 Å². The van der Waals surface area contributed by atoms with Crippen LogP contribution < -0.4 is 5.32 Å². The van der Waals surface area contributed by atoms with E-state index in [1.807, 2.05) is 36.5 Å². The Kier molecular flexibility index (Phi) is 2.95. The van der Waals surface area contributed by atoms with Crippen molar-refractivity contribution in [3.63, 3.8) is 0 Å². The average molecular weight is 318 g/mol. The van der Waals surface area contributed by atoms with Crippen molar-refractivity contribution >= 4 is 16.8 Å².